The maximum atomic E-state index is 11.9. The average molecular weight is 452 g/mol. The van der Waals surface area contributed by atoms with Crippen LogP contribution in [0.4, 0.5) is 5.82 Å². The molecule has 6 heteroatoms. The number of aliphatic hydroxyl groups excluding tert-OH is 2. The summed E-state index contributed by atoms with van der Waals surface area (Å²) in [6.07, 6.45) is 9.82. The Morgan fingerprint density at radius 3 is 2.33 bits per heavy atom. The number of nitrogens with zero attached hydrogens (tertiary/aromatic N) is 2. The number of aliphatic hydroxyl groups is 2. The Balaban J connectivity index is 0.000000890. The standard InChI is InChI=1S/C23H27N3O3.C4H10/c1-5-19(13(2)8-14(3)22(28)15(4)27)20-9-17-12-25-21(10-18(17)11-24-20)26-23(29)16-6-7-16;1-3-4-2/h5,8-12,15-16,22,27-28H,3,6-7H2,1-2,4H3,(H,25,26,29);3-4H2,1-2H3/b13-8-,19-5+;. The first-order chi connectivity index (χ1) is 15.7. The first-order valence-electron chi connectivity index (χ1n) is 11.7. The number of pyridine rings is 2. The summed E-state index contributed by atoms with van der Waals surface area (Å²) in [6, 6.07) is 3.76. The summed E-state index contributed by atoms with van der Waals surface area (Å²) >= 11 is 0. The molecule has 1 aliphatic carbocycles. The lowest BCUT2D eigenvalue weighted by Crippen LogP contribution is -2.23. The quantitative estimate of drug-likeness (QED) is 0.465. The van der Waals surface area contributed by atoms with Gasteiger partial charge in [0.05, 0.1) is 11.8 Å². The molecule has 1 aliphatic rings. The smallest absolute Gasteiger partial charge is 0.228 e. The third kappa shape index (κ3) is 7.62. The molecule has 33 heavy (non-hydrogen) atoms. The first-order valence-corrected chi connectivity index (χ1v) is 11.7. The van der Waals surface area contributed by atoms with Gasteiger partial charge < -0.3 is 15.5 Å². The third-order valence-corrected chi connectivity index (χ3v) is 5.53. The lowest BCUT2D eigenvalue weighted by Gasteiger charge is -2.15. The Morgan fingerprint density at radius 1 is 1.18 bits per heavy atom. The summed E-state index contributed by atoms with van der Waals surface area (Å²) in [5.74, 6) is 0.690. The van der Waals surface area contributed by atoms with Crippen molar-refractivity contribution in [2.45, 2.75) is 72.5 Å². The van der Waals surface area contributed by atoms with E-state index in [4.69, 9.17) is 0 Å². The molecule has 2 unspecified atom stereocenters. The Kier molecular flexibility index (Phi) is 9.95. The van der Waals surface area contributed by atoms with Gasteiger partial charge in [-0.3, -0.25) is 9.78 Å². The third-order valence-electron chi connectivity index (χ3n) is 5.53. The Morgan fingerprint density at radius 2 is 1.79 bits per heavy atom. The number of hydrogen-bond acceptors (Lipinski definition) is 5. The SMILES string of the molecule is C=C(/C=C(C)\C(=C/C)c1cc2cnc(NC(=O)C3CC3)cc2cn1)C(O)C(C)O.CCCC. The first kappa shape index (κ1) is 26.4. The van der Waals surface area contributed by atoms with Gasteiger partial charge in [0, 0.05) is 29.1 Å². The number of carbonyl (C=O) groups is 1. The summed E-state index contributed by atoms with van der Waals surface area (Å²) in [7, 11) is 0. The minimum absolute atomic E-state index is 0.0259. The van der Waals surface area contributed by atoms with E-state index in [0.29, 0.717) is 11.4 Å². The molecule has 2 aromatic rings. The second-order valence-electron chi connectivity index (χ2n) is 8.54. The number of nitrogens with one attached hydrogen (secondary N) is 1. The molecule has 2 atom stereocenters. The maximum absolute atomic E-state index is 11.9. The average Bonchev–Trinajstić information content (AvgIpc) is 3.64. The highest BCUT2D eigenvalue weighted by molar-refractivity contribution is 5.95. The van der Waals surface area contributed by atoms with Gasteiger partial charge in [-0.1, -0.05) is 45.4 Å². The van der Waals surface area contributed by atoms with E-state index < -0.39 is 12.2 Å². The van der Waals surface area contributed by atoms with Crippen LogP contribution in [-0.2, 0) is 4.79 Å². The molecule has 0 aliphatic heterocycles. The fraction of sp³-hybridized carbons (Fsp3) is 0.444. The van der Waals surface area contributed by atoms with Crippen LogP contribution >= 0.6 is 0 Å². The van der Waals surface area contributed by atoms with Crippen LogP contribution in [0.3, 0.4) is 0 Å². The van der Waals surface area contributed by atoms with Crippen molar-refractivity contribution < 1.29 is 15.0 Å². The lowest BCUT2D eigenvalue weighted by molar-refractivity contribution is -0.117. The van der Waals surface area contributed by atoms with Crippen LogP contribution in [-0.4, -0.2) is 38.3 Å². The molecule has 6 nitrogen and oxygen atoms in total. The molecule has 3 rings (SSSR count). The topological polar surface area (TPSA) is 95.3 Å². The van der Waals surface area contributed by atoms with E-state index in [1.54, 1.807) is 18.5 Å². The van der Waals surface area contributed by atoms with Crippen molar-refractivity contribution in [3.8, 4) is 0 Å². The normalized spacial score (nSPS) is 16.0. The van der Waals surface area contributed by atoms with Gasteiger partial charge in [0.15, 0.2) is 0 Å². The number of anilines is 1. The van der Waals surface area contributed by atoms with Gasteiger partial charge in [-0.05, 0) is 62.5 Å². The number of amides is 1. The van der Waals surface area contributed by atoms with Gasteiger partial charge in [-0.15, -0.1) is 0 Å². The van der Waals surface area contributed by atoms with E-state index in [2.05, 4.69) is 35.7 Å². The fourth-order valence-corrected chi connectivity index (χ4v) is 3.16. The van der Waals surface area contributed by atoms with Crippen LogP contribution in [0.25, 0.3) is 16.3 Å². The molecule has 1 amide bonds. The number of allylic oxidation sites excluding steroid dienone is 3. The fourth-order valence-electron chi connectivity index (χ4n) is 3.16. The largest absolute Gasteiger partial charge is 0.390 e. The second kappa shape index (κ2) is 12.4. The number of aromatic nitrogens is 2. The van der Waals surface area contributed by atoms with Crippen LogP contribution in [0, 0.1) is 5.92 Å². The number of hydrogen-bond donors (Lipinski definition) is 3. The number of unbranched alkanes of at least 4 members (excludes halogenated alkanes) is 1. The van der Waals surface area contributed by atoms with Crippen molar-refractivity contribution in [2.75, 3.05) is 5.32 Å². The predicted octanol–water partition coefficient (Wildman–Crippen LogP) is 5.43. The lowest BCUT2D eigenvalue weighted by atomic mass is 9.97. The highest BCUT2D eigenvalue weighted by atomic mass is 16.3. The van der Waals surface area contributed by atoms with Gasteiger partial charge in [0.2, 0.25) is 5.91 Å². The highest BCUT2D eigenvalue weighted by Crippen LogP contribution is 2.30. The Hall–Kier alpha value is -2.83. The molecule has 1 fully saturated rings. The second-order valence-corrected chi connectivity index (χ2v) is 8.54. The van der Waals surface area contributed by atoms with E-state index in [9.17, 15) is 15.0 Å². The van der Waals surface area contributed by atoms with Crippen LogP contribution < -0.4 is 5.32 Å². The monoisotopic (exact) mass is 451 g/mol. The zero-order valence-electron chi connectivity index (χ0n) is 20.4. The molecular formula is C27H37N3O3. The molecule has 0 spiro atoms. The zero-order valence-corrected chi connectivity index (χ0v) is 20.4. The van der Waals surface area contributed by atoms with Crippen molar-refractivity contribution in [3.05, 3.63) is 60.1 Å². The summed E-state index contributed by atoms with van der Waals surface area (Å²) < 4.78 is 0. The van der Waals surface area contributed by atoms with E-state index in [1.807, 2.05) is 32.1 Å². The van der Waals surface area contributed by atoms with Crippen molar-refractivity contribution in [1.82, 2.24) is 9.97 Å². The predicted molar refractivity (Wildman–Crippen MR) is 136 cm³/mol. The van der Waals surface area contributed by atoms with Crippen molar-refractivity contribution in [1.29, 1.82) is 0 Å². The maximum Gasteiger partial charge on any atom is 0.228 e. The van der Waals surface area contributed by atoms with Crippen molar-refractivity contribution in [3.63, 3.8) is 0 Å². The van der Waals surface area contributed by atoms with Gasteiger partial charge in [0.1, 0.15) is 11.9 Å². The van der Waals surface area contributed by atoms with Crippen LogP contribution in [0.5, 0.6) is 0 Å². The Bertz CT molecular complexity index is 1030. The Labute approximate surface area is 197 Å². The van der Waals surface area contributed by atoms with Crippen LogP contribution in [0.2, 0.25) is 0 Å². The van der Waals surface area contributed by atoms with Gasteiger partial charge >= 0.3 is 0 Å². The number of carbonyl (C=O) groups excluding carboxylic acids is 1. The van der Waals surface area contributed by atoms with Crippen molar-refractivity contribution >= 4 is 28.1 Å². The van der Waals surface area contributed by atoms with E-state index >= 15 is 0 Å². The van der Waals surface area contributed by atoms with Crippen LogP contribution in [0.1, 0.15) is 66.0 Å². The van der Waals surface area contributed by atoms with Crippen LogP contribution in [0.15, 0.2) is 54.4 Å². The van der Waals surface area contributed by atoms with Crippen molar-refractivity contribution in [2.24, 2.45) is 5.92 Å². The number of rotatable bonds is 8. The van der Waals surface area contributed by atoms with Gasteiger partial charge in [0.25, 0.3) is 0 Å². The van der Waals surface area contributed by atoms with E-state index in [0.717, 1.165) is 40.5 Å². The summed E-state index contributed by atoms with van der Waals surface area (Å²) in [4.78, 5) is 20.8. The number of fused-ring (bicyclic) bond motifs is 1. The molecule has 2 aromatic heterocycles. The minimum Gasteiger partial charge on any atom is -0.390 e. The molecule has 0 bridgehead atoms. The molecule has 0 radical (unpaired) electrons. The zero-order chi connectivity index (χ0) is 24.5. The van der Waals surface area contributed by atoms with Gasteiger partial charge in [-0.2, -0.15) is 0 Å². The molecular weight excluding hydrogens is 414 g/mol. The molecule has 178 valence electrons. The van der Waals surface area contributed by atoms with Gasteiger partial charge in [-0.25, -0.2) is 4.98 Å². The van der Waals surface area contributed by atoms with E-state index in [-0.39, 0.29) is 11.8 Å². The molecule has 3 N–H and O–H groups in total. The summed E-state index contributed by atoms with van der Waals surface area (Å²) in [5, 5.41) is 24.2. The molecule has 1 saturated carbocycles. The molecule has 2 heterocycles. The summed E-state index contributed by atoms with van der Waals surface area (Å²) in [5.41, 5.74) is 2.99. The summed E-state index contributed by atoms with van der Waals surface area (Å²) in [6.45, 7) is 13.6. The van der Waals surface area contributed by atoms with E-state index in [1.165, 1.54) is 19.8 Å². The minimum atomic E-state index is -1.01. The molecule has 0 aromatic carbocycles. The highest BCUT2D eigenvalue weighted by Gasteiger charge is 2.29. The molecule has 0 saturated heterocycles.